The first kappa shape index (κ1) is 7.74. The first-order valence-electron chi connectivity index (χ1n) is 5.49. The van der Waals surface area contributed by atoms with Crippen LogP contribution in [0, 0.1) is 20.2 Å². The third-order valence-corrected chi connectivity index (χ3v) is 1.45. The van der Waals surface area contributed by atoms with Gasteiger partial charge in [-0.3, -0.25) is 25.7 Å². The Kier molecular flexibility index (Phi) is 2.33. The number of nitro groups is 2. The van der Waals surface area contributed by atoms with E-state index in [9.17, 15) is 20.2 Å². The van der Waals surface area contributed by atoms with Gasteiger partial charge in [0.25, 0.3) is 5.69 Å². The lowest BCUT2D eigenvalue weighted by molar-refractivity contribution is -0.393. The molecule has 1 aromatic rings. The molecule has 1 rings (SSSR count). The maximum absolute atomic E-state index is 10.9. The highest BCUT2D eigenvalue weighted by atomic mass is 16.6. The molecule has 1 N–H and O–H groups in total. The summed E-state index contributed by atoms with van der Waals surface area (Å²) in [6, 6.07) is -2.68. The topological polar surface area (TPSA) is 111 Å². The average Bonchev–Trinajstić information content (AvgIpc) is 2.30. The third kappa shape index (κ3) is 2.50. The van der Waals surface area contributed by atoms with Crippen LogP contribution in [0.1, 0.15) is 11.0 Å². The normalized spacial score (nSPS) is 12.9. The van der Waals surface area contributed by atoms with E-state index in [1.807, 2.05) is 0 Å². The van der Waals surface area contributed by atoms with E-state index in [-0.39, 0.29) is 0 Å². The van der Waals surface area contributed by atoms with Gasteiger partial charge in [0.05, 0.1) is 20.0 Å². The number of rotatable bonds is 4. The van der Waals surface area contributed by atoms with Crippen LogP contribution in [-0.4, -0.2) is 16.1 Å². The Balaban J connectivity index is 3.74. The van der Waals surface area contributed by atoms with Gasteiger partial charge in [0.2, 0.25) is 0 Å². The van der Waals surface area contributed by atoms with Gasteiger partial charge in [-0.2, -0.15) is 5.10 Å². The summed E-state index contributed by atoms with van der Waals surface area (Å²) in [5.74, 6) is 0. The molecule has 0 saturated heterocycles. The van der Waals surface area contributed by atoms with Crippen LogP contribution in [0.15, 0.2) is 23.2 Å². The first-order valence-corrected chi connectivity index (χ1v) is 3.99. The number of nitrogens with zero attached hydrogens (tertiary/aromatic N) is 3. The lowest BCUT2D eigenvalue weighted by Gasteiger charge is -2.01. The highest BCUT2D eigenvalue weighted by molar-refractivity contribution is 5.66. The summed E-state index contributed by atoms with van der Waals surface area (Å²) in [5, 5.41) is 25.0. The van der Waals surface area contributed by atoms with Crippen LogP contribution in [0.5, 0.6) is 0 Å². The maximum Gasteiger partial charge on any atom is 0.301 e. The summed E-state index contributed by atoms with van der Waals surface area (Å²) in [5.41, 5.74) is -0.427. The molecule has 0 atom stereocenters. The van der Waals surface area contributed by atoms with Crippen LogP contribution in [-0.2, 0) is 0 Å². The molecular weight excluding hydrogens is 216 g/mol. The van der Waals surface area contributed by atoms with Crippen molar-refractivity contribution in [2.24, 2.45) is 5.10 Å². The summed E-state index contributed by atoms with van der Waals surface area (Å²) in [6.07, 6.45) is 1.23. The molecule has 0 radical (unpaired) electrons. The molecule has 8 heteroatoms. The van der Waals surface area contributed by atoms with E-state index in [0.29, 0.717) is 0 Å². The van der Waals surface area contributed by atoms with E-state index in [4.69, 9.17) is 4.11 Å². The standard InChI is InChI=1S/C8H8N4O4/c1-2-9-10-7-4-3-6(11(13)14)5-8(7)12(15)16/h2-5,10H,1H3/b9-2-/i3D,4D,5D. The molecule has 84 valence electrons. The molecule has 0 saturated carbocycles. The molecule has 0 amide bonds. The highest BCUT2D eigenvalue weighted by Crippen LogP contribution is 2.28. The summed E-state index contributed by atoms with van der Waals surface area (Å²) in [6.45, 7) is 1.50. The van der Waals surface area contributed by atoms with Crippen molar-refractivity contribution < 1.29 is 14.0 Å². The summed E-state index contributed by atoms with van der Waals surface area (Å²) in [7, 11) is 0. The predicted octanol–water partition coefficient (Wildman–Crippen LogP) is 1.92. The van der Waals surface area contributed by atoms with Crippen LogP contribution >= 0.6 is 0 Å². The Morgan fingerprint density at radius 3 is 2.62 bits per heavy atom. The van der Waals surface area contributed by atoms with Gasteiger partial charge < -0.3 is 0 Å². The molecular formula is C8H8N4O4. The van der Waals surface area contributed by atoms with Crippen LogP contribution in [0.4, 0.5) is 17.1 Å². The van der Waals surface area contributed by atoms with Gasteiger partial charge in [-0.1, -0.05) is 0 Å². The van der Waals surface area contributed by atoms with E-state index in [0.717, 1.165) is 0 Å². The lowest BCUT2D eigenvalue weighted by atomic mass is 10.2. The largest absolute Gasteiger partial charge is 0.301 e. The molecule has 0 unspecified atom stereocenters. The Morgan fingerprint density at radius 2 is 2.12 bits per heavy atom. The molecule has 0 aromatic heterocycles. The minimum absolute atomic E-state index is 0.524. The van der Waals surface area contributed by atoms with Crippen LogP contribution in [0.3, 0.4) is 0 Å². The number of hydrazone groups is 1. The molecule has 0 heterocycles. The lowest BCUT2D eigenvalue weighted by Crippen LogP contribution is -1.98. The molecule has 0 aliphatic rings. The minimum Gasteiger partial charge on any atom is -0.272 e. The number of nitrogens with one attached hydrogen (secondary N) is 1. The van der Waals surface area contributed by atoms with Gasteiger partial charge in [-0.25, -0.2) is 0 Å². The number of anilines is 1. The van der Waals surface area contributed by atoms with Crippen LogP contribution in [0.2, 0.25) is 0 Å². The Labute approximate surface area is 94.1 Å². The van der Waals surface area contributed by atoms with Crippen molar-refractivity contribution in [2.75, 3.05) is 5.43 Å². The van der Waals surface area contributed by atoms with Crippen molar-refractivity contribution >= 4 is 23.3 Å². The third-order valence-electron chi connectivity index (χ3n) is 1.45. The Bertz CT molecular complexity index is 590. The molecule has 8 nitrogen and oxygen atoms in total. The van der Waals surface area contributed by atoms with E-state index in [1.165, 1.54) is 13.1 Å². The number of benzene rings is 1. The van der Waals surface area contributed by atoms with Gasteiger partial charge in [-0.05, 0) is 13.0 Å². The average molecular weight is 227 g/mol. The summed E-state index contributed by atoms with van der Waals surface area (Å²) < 4.78 is 22.4. The Morgan fingerprint density at radius 1 is 1.44 bits per heavy atom. The number of nitro benzene ring substituents is 2. The van der Waals surface area contributed by atoms with Crippen molar-refractivity contribution in [1.29, 1.82) is 0 Å². The predicted molar refractivity (Wildman–Crippen MR) is 57.5 cm³/mol. The molecule has 0 spiro atoms. The molecule has 0 aliphatic heterocycles. The molecule has 0 aliphatic carbocycles. The minimum atomic E-state index is -1.09. The van der Waals surface area contributed by atoms with Crippen molar-refractivity contribution in [3.63, 3.8) is 0 Å². The van der Waals surface area contributed by atoms with E-state index in [1.54, 1.807) is 0 Å². The van der Waals surface area contributed by atoms with Crippen molar-refractivity contribution in [3.8, 4) is 0 Å². The zero-order valence-corrected chi connectivity index (χ0v) is 8.05. The number of hydrogen-bond acceptors (Lipinski definition) is 6. The van der Waals surface area contributed by atoms with Gasteiger partial charge in [0.1, 0.15) is 5.69 Å². The first-order chi connectivity index (χ1) is 8.82. The van der Waals surface area contributed by atoms with Crippen LogP contribution < -0.4 is 5.43 Å². The van der Waals surface area contributed by atoms with Crippen molar-refractivity contribution in [1.82, 2.24) is 0 Å². The molecule has 0 bridgehead atoms. The number of hydrogen-bond donors (Lipinski definition) is 1. The fourth-order valence-electron chi connectivity index (χ4n) is 0.825. The summed E-state index contributed by atoms with van der Waals surface area (Å²) in [4.78, 5) is 19.5. The smallest absolute Gasteiger partial charge is 0.272 e. The molecule has 16 heavy (non-hydrogen) atoms. The molecule has 1 aromatic carbocycles. The van der Waals surface area contributed by atoms with E-state index >= 15 is 0 Å². The van der Waals surface area contributed by atoms with E-state index < -0.39 is 45.0 Å². The Hall–Kier alpha value is -2.51. The van der Waals surface area contributed by atoms with Crippen LogP contribution in [0.25, 0.3) is 0 Å². The zero-order valence-electron chi connectivity index (χ0n) is 11.1. The fraction of sp³-hybridized carbons (Fsp3) is 0.125. The zero-order chi connectivity index (χ0) is 14.7. The highest BCUT2D eigenvalue weighted by Gasteiger charge is 2.18. The SMILES string of the molecule is [2H]c1c([2H])c([N+](=O)[O-])c([2H])c([N+](=O)[O-])c1N/N=C\C. The van der Waals surface area contributed by atoms with Gasteiger partial charge in [-0.15, -0.1) is 0 Å². The monoisotopic (exact) mass is 227 g/mol. The second-order valence-electron chi connectivity index (χ2n) is 2.46. The maximum atomic E-state index is 10.9. The van der Waals surface area contributed by atoms with Crippen molar-refractivity contribution in [2.45, 2.75) is 6.92 Å². The quantitative estimate of drug-likeness (QED) is 0.479. The fourth-order valence-corrected chi connectivity index (χ4v) is 0.825. The summed E-state index contributed by atoms with van der Waals surface area (Å²) >= 11 is 0. The van der Waals surface area contributed by atoms with E-state index in [2.05, 4.69) is 10.5 Å². The molecule has 0 fully saturated rings. The van der Waals surface area contributed by atoms with Gasteiger partial charge in [0.15, 0.2) is 0 Å². The van der Waals surface area contributed by atoms with Gasteiger partial charge in [0, 0.05) is 12.3 Å². The second-order valence-corrected chi connectivity index (χ2v) is 2.46. The van der Waals surface area contributed by atoms with Gasteiger partial charge >= 0.3 is 5.69 Å². The van der Waals surface area contributed by atoms with Crippen molar-refractivity contribution in [3.05, 3.63) is 38.4 Å². The second kappa shape index (κ2) is 4.82.